The molecule has 2 aromatic rings. The first-order valence-corrected chi connectivity index (χ1v) is 7.03. The molecule has 7 heteroatoms. The summed E-state index contributed by atoms with van der Waals surface area (Å²) in [4.78, 5) is 15.7. The van der Waals surface area contributed by atoms with E-state index in [9.17, 15) is 14.5 Å². The van der Waals surface area contributed by atoms with Gasteiger partial charge >= 0.3 is 0 Å². The molecule has 0 aliphatic rings. The van der Waals surface area contributed by atoms with Gasteiger partial charge in [-0.2, -0.15) is 0 Å². The molecule has 0 unspecified atom stereocenters. The second-order valence-electron chi connectivity index (χ2n) is 4.17. The summed E-state index contributed by atoms with van der Waals surface area (Å²) < 4.78 is 13.0. The Balaban J connectivity index is 1.98. The molecule has 106 valence electrons. The Hall–Kier alpha value is -2.02. The molecule has 0 radical (unpaired) electrons. The average molecular weight is 295 g/mol. The van der Waals surface area contributed by atoms with Crippen molar-refractivity contribution in [1.82, 2.24) is 4.98 Å². The third-order valence-electron chi connectivity index (χ3n) is 2.76. The molecule has 0 aliphatic carbocycles. The number of rotatable bonds is 6. The SMILES string of the molecule is CCc1cnc(CCNc2ccc(F)cc2[N+](=O)[O-])s1. The van der Waals surface area contributed by atoms with E-state index in [0.29, 0.717) is 18.7 Å². The summed E-state index contributed by atoms with van der Waals surface area (Å²) >= 11 is 1.64. The summed E-state index contributed by atoms with van der Waals surface area (Å²) in [5.41, 5.74) is 0.0713. The van der Waals surface area contributed by atoms with Crippen molar-refractivity contribution in [2.75, 3.05) is 11.9 Å². The number of thiazole rings is 1. The quantitative estimate of drug-likeness (QED) is 0.655. The van der Waals surface area contributed by atoms with Crippen LogP contribution in [0.25, 0.3) is 0 Å². The van der Waals surface area contributed by atoms with Crippen LogP contribution in [-0.2, 0) is 12.8 Å². The zero-order valence-corrected chi connectivity index (χ0v) is 11.7. The molecule has 1 aromatic carbocycles. The molecular weight excluding hydrogens is 281 g/mol. The Kier molecular flexibility index (Phi) is 4.62. The average Bonchev–Trinajstić information content (AvgIpc) is 2.88. The number of nitro benzene ring substituents is 1. The minimum absolute atomic E-state index is 0.251. The van der Waals surface area contributed by atoms with Crippen molar-refractivity contribution in [2.24, 2.45) is 0 Å². The molecule has 1 aromatic heterocycles. The predicted octanol–water partition coefficient (Wildman–Crippen LogP) is 3.41. The van der Waals surface area contributed by atoms with Crippen molar-refractivity contribution in [3.05, 3.63) is 50.2 Å². The highest BCUT2D eigenvalue weighted by atomic mass is 32.1. The van der Waals surface area contributed by atoms with Gasteiger partial charge in [-0.05, 0) is 18.6 Å². The van der Waals surface area contributed by atoms with E-state index in [1.165, 1.54) is 17.0 Å². The molecule has 5 nitrogen and oxygen atoms in total. The van der Waals surface area contributed by atoms with Gasteiger partial charge in [0.1, 0.15) is 11.5 Å². The van der Waals surface area contributed by atoms with E-state index in [2.05, 4.69) is 17.2 Å². The van der Waals surface area contributed by atoms with Gasteiger partial charge in [-0.25, -0.2) is 9.37 Å². The number of benzene rings is 1. The van der Waals surface area contributed by atoms with E-state index in [0.717, 1.165) is 17.5 Å². The van der Waals surface area contributed by atoms with Crippen LogP contribution in [0.2, 0.25) is 0 Å². The first kappa shape index (κ1) is 14.4. The maximum absolute atomic E-state index is 13.0. The van der Waals surface area contributed by atoms with Crippen LogP contribution in [0.15, 0.2) is 24.4 Å². The van der Waals surface area contributed by atoms with Crippen molar-refractivity contribution >= 4 is 22.7 Å². The van der Waals surface area contributed by atoms with Crippen LogP contribution >= 0.6 is 11.3 Å². The number of aryl methyl sites for hydroxylation is 1. The summed E-state index contributed by atoms with van der Waals surface area (Å²) in [5, 5.41) is 14.8. The largest absolute Gasteiger partial charge is 0.379 e. The fourth-order valence-electron chi connectivity index (χ4n) is 1.74. The topological polar surface area (TPSA) is 68.1 Å². The highest BCUT2D eigenvalue weighted by molar-refractivity contribution is 7.11. The molecule has 1 heterocycles. The minimum atomic E-state index is -0.616. The number of aromatic nitrogens is 1. The van der Waals surface area contributed by atoms with Crippen LogP contribution in [0.3, 0.4) is 0 Å². The number of halogens is 1. The van der Waals surface area contributed by atoms with Crippen LogP contribution in [-0.4, -0.2) is 16.5 Å². The maximum Gasteiger partial charge on any atom is 0.295 e. The summed E-state index contributed by atoms with van der Waals surface area (Å²) in [7, 11) is 0. The molecule has 20 heavy (non-hydrogen) atoms. The fourth-order valence-corrected chi connectivity index (χ4v) is 2.60. The molecule has 0 amide bonds. The van der Waals surface area contributed by atoms with Crippen molar-refractivity contribution in [1.29, 1.82) is 0 Å². The summed E-state index contributed by atoms with van der Waals surface area (Å²) in [6.45, 7) is 2.58. The van der Waals surface area contributed by atoms with E-state index in [1.54, 1.807) is 11.3 Å². The Labute approximate surface area is 119 Å². The lowest BCUT2D eigenvalue weighted by Crippen LogP contribution is -2.07. The number of anilines is 1. The van der Waals surface area contributed by atoms with Gasteiger partial charge in [-0.3, -0.25) is 10.1 Å². The minimum Gasteiger partial charge on any atom is -0.379 e. The van der Waals surface area contributed by atoms with Crippen molar-refractivity contribution in [3.8, 4) is 0 Å². The second-order valence-corrected chi connectivity index (χ2v) is 5.37. The van der Waals surface area contributed by atoms with E-state index in [1.807, 2.05) is 6.20 Å². The molecule has 0 bridgehead atoms. The van der Waals surface area contributed by atoms with E-state index >= 15 is 0 Å². The lowest BCUT2D eigenvalue weighted by molar-refractivity contribution is -0.384. The Morgan fingerprint density at radius 3 is 2.95 bits per heavy atom. The smallest absolute Gasteiger partial charge is 0.295 e. The lowest BCUT2D eigenvalue weighted by Gasteiger charge is -2.05. The van der Waals surface area contributed by atoms with E-state index in [-0.39, 0.29) is 5.69 Å². The molecule has 0 spiro atoms. The van der Waals surface area contributed by atoms with Gasteiger partial charge < -0.3 is 5.32 Å². The predicted molar refractivity (Wildman–Crippen MR) is 76.7 cm³/mol. The van der Waals surface area contributed by atoms with Gasteiger partial charge in [0.15, 0.2) is 0 Å². The molecule has 0 saturated carbocycles. The third kappa shape index (κ3) is 3.51. The highest BCUT2D eigenvalue weighted by Gasteiger charge is 2.14. The summed E-state index contributed by atoms with van der Waals surface area (Å²) in [6.07, 6.45) is 3.48. The van der Waals surface area contributed by atoms with Gasteiger partial charge in [0.25, 0.3) is 5.69 Å². The Bertz CT molecular complexity index is 615. The van der Waals surface area contributed by atoms with Crippen LogP contribution in [0.4, 0.5) is 15.8 Å². The maximum atomic E-state index is 13.0. The monoisotopic (exact) mass is 295 g/mol. The van der Waals surface area contributed by atoms with Gasteiger partial charge in [-0.15, -0.1) is 11.3 Å². The van der Waals surface area contributed by atoms with Gasteiger partial charge in [0.2, 0.25) is 0 Å². The van der Waals surface area contributed by atoms with Crippen molar-refractivity contribution < 1.29 is 9.31 Å². The van der Waals surface area contributed by atoms with Gasteiger partial charge in [0.05, 0.1) is 16.0 Å². The van der Waals surface area contributed by atoms with E-state index in [4.69, 9.17) is 0 Å². The Morgan fingerprint density at radius 1 is 1.50 bits per heavy atom. The first-order valence-electron chi connectivity index (χ1n) is 6.21. The van der Waals surface area contributed by atoms with Crippen LogP contribution in [0.5, 0.6) is 0 Å². The lowest BCUT2D eigenvalue weighted by atomic mass is 10.2. The second kappa shape index (κ2) is 6.42. The summed E-state index contributed by atoms with van der Waals surface area (Å²) in [5.74, 6) is -0.616. The number of nitrogens with zero attached hydrogens (tertiary/aromatic N) is 2. The van der Waals surface area contributed by atoms with E-state index < -0.39 is 10.7 Å². The van der Waals surface area contributed by atoms with Crippen molar-refractivity contribution in [2.45, 2.75) is 19.8 Å². The highest BCUT2D eigenvalue weighted by Crippen LogP contribution is 2.25. The Morgan fingerprint density at radius 2 is 2.30 bits per heavy atom. The molecule has 1 N–H and O–H groups in total. The molecular formula is C13H14FN3O2S. The number of hydrogen-bond donors (Lipinski definition) is 1. The number of nitro groups is 1. The molecule has 0 atom stereocenters. The molecule has 2 rings (SSSR count). The molecule has 0 fully saturated rings. The normalized spacial score (nSPS) is 10.5. The zero-order chi connectivity index (χ0) is 14.5. The van der Waals surface area contributed by atoms with Gasteiger partial charge in [0, 0.05) is 24.0 Å². The first-order chi connectivity index (χ1) is 9.60. The van der Waals surface area contributed by atoms with Crippen molar-refractivity contribution in [3.63, 3.8) is 0 Å². The molecule has 0 saturated heterocycles. The van der Waals surface area contributed by atoms with Crippen LogP contribution in [0, 0.1) is 15.9 Å². The molecule has 0 aliphatic heterocycles. The summed E-state index contributed by atoms with van der Waals surface area (Å²) in [6, 6.07) is 3.50. The zero-order valence-electron chi connectivity index (χ0n) is 10.9. The van der Waals surface area contributed by atoms with Crippen LogP contribution < -0.4 is 5.32 Å². The standard InChI is InChI=1S/C13H14FN3O2S/c1-2-10-8-16-13(20-10)5-6-15-11-4-3-9(14)7-12(11)17(18)19/h3-4,7-8,15H,2,5-6H2,1H3. The number of hydrogen-bond acceptors (Lipinski definition) is 5. The van der Waals surface area contributed by atoms with Crippen LogP contribution in [0.1, 0.15) is 16.8 Å². The fraction of sp³-hybridized carbons (Fsp3) is 0.308. The van der Waals surface area contributed by atoms with Gasteiger partial charge in [-0.1, -0.05) is 6.92 Å². The number of nitrogens with one attached hydrogen (secondary N) is 1. The third-order valence-corrected chi connectivity index (χ3v) is 3.96.